The molecular weight excluding hydrogens is 238 g/mol. The van der Waals surface area contributed by atoms with Gasteiger partial charge in [-0.05, 0) is 13.0 Å². The molecule has 0 radical (unpaired) electrons. The number of esters is 1. The molecule has 0 amide bonds. The van der Waals surface area contributed by atoms with Gasteiger partial charge in [-0.25, -0.2) is 0 Å². The first kappa shape index (κ1) is 11.9. The average Bonchev–Trinajstić information content (AvgIpc) is 2.28. The summed E-state index contributed by atoms with van der Waals surface area (Å²) < 4.78 is 4.98. The van der Waals surface area contributed by atoms with Crippen molar-refractivity contribution in [3.63, 3.8) is 0 Å². The van der Waals surface area contributed by atoms with E-state index in [2.05, 4.69) is 4.98 Å². The highest BCUT2D eigenvalue weighted by Crippen LogP contribution is 2.28. The van der Waals surface area contributed by atoms with E-state index in [0.29, 0.717) is 5.02 Å². The zero-order chi connectivity index (χ0) is 12.4. The molecule has 3 nitrogen and oxygen atoms in total. The van der Waals surface area contributed by atoms with E-state index in [-0.39, 0.29) is 12.6 Å². The molecule has 0 saturated heterocycles. The van der Waals surface area contributed by atoms with E-state index in [1.54, 1.807) is 0 Å². The van der Waals surface area contributed by atoms with E-state index in [9.17, 15) is 4.79 Å². The third-order valence-electron chi connectivity index (χ3n) is 2.55. The monoisotopic (exact) mass is 249 g/mol. The number of aromatic nitrogens is 1. The molecular formula is C13H12ClNO2. The predicted octanol–water partition coefficient (Wildman–Crippen LogP) is 3.26. The lowest BCUT2D eigenvalue weighted by molar-refractivity contribution is -0.142. The largest absolute Gasteiger partial charge is 0.461 e. The first-order chi connectivity index (χ1) is 8.09. The summed E-state index contributed by atoms with van der Waals surface area (Å²) in [5, 5.41) is 1.48. The van der Waals surface area contributed by atoms with Crippen molar-refractivity contribution < 1.29 is 9.53 Å². The molecule has 0 saturated carbocycles. The van der Waals surface area contributed by atoms with Crippen molar-refractivity contribution in [1.82, 2.24) is 4.98 Å². The fraction of sp³-hybridized carbons (Fsp3) is 0.231. The summed E-state index contributed by atoms with van der Waals surface area (Å²) in [5.74, 6) is -0.325. The Balaban J connectivity index is 2.51. The summed E-state index contributed by atoms with van der Waals surface area (Å²) in [5.41, 5.74) is 2.40. The van der Waals surface area contributed by atoms with Crippen LogP contribution in [0.15, 0.2) is 24.3 Å². The Hall–Kier alpha value is -1.61. The summed E-state index contributed by atoms with van der Waals surface area (Å²) in [4.78, 5) is 15.3. The SMILES string of the molecule is CC(=O)OCc1c(C)nc2ccccc2c1Cl. The molecule has 1 aromatic heterocycles. The molecule has 1 aromatic carbocycles. The van der Waals surface area contributed by atoms with Crippen LogP contribution in [-0.2, 0) is 16.1 Å². The molecule has 0 bridgehead atoms. The maximum absolute atomic E-state index is 10.8. The van der Waals surface area contributed by atoms with Crippen LogP contribution in [0.2, 0.25) is 5.02 Å². The Morgan fingerprint density at radius 2 is 2.12 bits per heavy atom. The third-order valence-corrected chi connectivity index (χ3v) is 2.98. The number of fused-ring (bicyclic) bond motifs is 1. The number of halogens is 1. The van der Waals surface area contributed by atoms with Gasteiger partial charge in [0.15, 0.2) is 0 Å². The molecule has 2 rings (SSSR count). The van der Waals surface area contributed by atoms with Gasteiger partial charge in [0.25, 0.3) is 0 Å². The number of rotatable bonds is 2. The number of nitrogens with zero attached hydrogens (tertiary/aromatic N) is 1. The van der Waals surface area contributed by atoms with Crippen molar-refractivity contribution in [2.75, 3.05) is 0 Å². The van der Waals surface area contributed by atoms with Crippen LogP contribution in [0.25, 0.3) is 10.9 Å². The van der Waals surface area contributed by atoms with Crippen molar-refractivity contribution in [2.24, 2.45) is 0 Å². The van der Waals surface area contributed by atoms with E-state index in [0.717, 1.165) is 22.2 Å². The summed E-state index contributed by atoms with van der Waals surface area (Å²) in [6.45, 7) is 3.40. The summed E-state index contributed by atoms with van der Waals surface area (Å²) in [7, 11) is 0. The smallest absolute Gasteiger partial charge is 0.302 e. The van der Waals surface area contributed by atoms with Gasteiger partial charge in [-0.3, -0.25) is 9.78 Å². The molecule has 17 heavy (non-hydrogen) atoms. The molecule has 1 heterocycles. The molecule has 0 aliphatic heterocycles. The fourth-order valence-corrected chi connectivity index (χ4v) is 2.02. The van der Waals surface area contributed by atoms with Crippen LogP contribution in [0, 0.1) is 6.92 Å². The number of carbonyl (C=O) groups excluding carboxylic acids is 1. The normalized spacial score (nSPS) is 10.5. The van der Waals surface area contributed by atoms with Gasteiger partial charge in [-0.2, -0.15) is 0 Å². The van der Waals surface area contributed by atoms with Crippen LogP contribution < -0.4 is 0 Å². The number of pyridine rings is 1. The Morgan fingerprint density at radius 3 is 2.82 bits per heavy atom. The molecule has 0 spiro atoms. The standard InChI is InChI=1S/C13H12ClNO2/c1-8-11(7-17-9(2)16)13(14)10-5-3-4-6-12(10)15-8/h3-6H,7H2,1-2H3. The van der Waals surface area contributed by atoms with Crippen LogP contribution in [0.4, 0.5) is 0 Å². The van der Waals surface area contributed by atoms with Crippen LogP contribution in [0.5, 0.6) is 0 Å². The summed E-state index contributed by atoms with van der Waals surface area (Å²) >= 11 is 6.30. The molecule has 0 aliphatic carbocycles. The van der Waals surface area contributed by atoms with Gasteiger partial charge in [-0.15, -0.1) is 0 Å². The van der Waals surface area contributed by atoms with Crippen LogP contribution in [0.1, 0.15) is 18.2 Å². The number of hydrogen-bond acceptors (Lipinski definition) is 3. The highest BCUT2D eigenvalue weighted by atomic mass is 35.5. The van der Waals surface area contributed by atoms with Gasteiger partial charge >= 0.3 is 5.97 Å². The second kappa shape index (κ2) is 4.72. The minimum Gasteiger partial charge on any atom is -0.461 e. The summed E-state index contributed by atoms with van der Waals surface area (Å²) in [6, 6.07) is 7.63. The number of para-hydroxylation sites is 1. The molecule has 0 fully saturated rings. The van der Waals surface area contributed by atoms with Gasteiger partial charge < -0.3 is 4.74 Å². The lowest BCUT2D eigenvalue weighted by atomic mass is 10.1. The highest BCUT2D eigenvalue weighted by Gasteiger charge is 2.11. The van der Waals surface area contributed by atoms with E-state index in [1.165, 1.54) is 6.92 Å². The first-order valence-corrected chi connectivity index (χ1v) is 5.64. The second-order valence-electron chi connectivity index (χ2n) is 3.79. The molecule has 4 heteroatoms. The maximum Gasteiger partial charge on any atom is 0.302 e. The lowest BCUT2D eigenvalue weighted by Gasteiger charge is -2.10. The van der Waals surface area contributed by atoms with E-state index < -0.39 is 0 Å². The number of carbonyl (C=O) groups is 1. The quantitative estimate of drug-likeness (QED) is 0.767. The third kappa shape index (κ3) is 2.39. The van der Waals surface area contributed by atoms with Gasteiger partial charge in [0.2, 0.25) is 0 Å². The molecule has 0 atom stereocenters. The Labute approximate surface area is 104 Å². The van der Waals surface area contributed by atoms with Gasteiger partial charge in [-0.1, -0.05) is 29.8 Å². The minimum absolute atomic E-state index is 0.165. The second-order valence-corrected chi connectivity index (χ2v) is 4.17. The fourth-order valence-electron chi connectivity index (χ4n) is 1.67. The highest BCUT2D eigenvalue weighted by molar-refractivity contribution is 6.36. The van der Waals surface area contributed by atoms with Gasteiger partial charge in [0.05, 0.1) is 10.5 Å². The van der Waals surface area contributed by atoms with Crippen molar-refractivity contribution >= 4 is 28.5 Å². The number of aryl methyl sites for hydroxylation is 1. The van der Waals surface area contributed by atoms with Gasteiger partial charge in [0.1, 0.15) is 6.61 Å². The average molecular weight is 250 g/mol. The minimum atomic E-state index is -0.325. The van der Waals surface area contributed by atoms with E-state index in [1.807, 2.05) is 31.2 Å². The molecule has 0 aliphatic rings. The number of ether oxygens (including phenoxy) is 1. The number of hydrogen-bond donors (Lipinski definition) is 0. The predicted molar refractivity (Wildman–Crippen MR) is 67.0 cm³/mol. The Morgan fingerprint density at radius 1 is 1.41 bits per heavy atom. The zero-order valence-electron chi connectivity index (χ0n) is 9.66. The molecule has 88 valence electrons. The summed E-state index contributed by atoms with van der Waals surface area (Å²) in [6.07, 6.45) is 0. The topological polar surface area (TPSA) is 39.2 Å². The molecule has 0 unspecified atom stereocenters. The van der Waals surface area contributed by atoms with Crippen molar-refractivity contribution in [3.05, 3.63) is 40.5 Å². The first-order valence-electron chi connectivity index (χ1n) is 5.26. The van der Waals surface area contributed by atoms with Crippen LogP contribution >= 0.6 is 11.6 Å². The molecule has 0 N–H and O–H groups in total. The van der Waals surface area contributed by atoms with Crippen molar-refractivity contribution in [3.8, 4) is 0 Å². The van der Waals surface area contributed by atoms with E-state index >= 15 is 0 Å². The van der Waals surface area contributed by atoms with Gasteiger partial charge in [0, 0.05) is 23.6 Å². The Bertz CT molecular complexity index is 581. The van der Waals surface area contributed by atoms with Crippen molar-refractivity contribution in [1.29, 1.82) is 0 Å². The maximum atomic E-state index is 10.8. The van der Waals surface area contributed by atoms with Crippen molar-refractivity contribution in [2.45, 2.75) is 20.5 Å². The zero-order valence-corrected chi connectivity index (χ0v) is 10.4. The van der Waals surface area contributed by atoms with Crippen LogP contribution in [0.3, 0.4) is 0 Å². The van der Waals surface area contributed by atoms with E-state index in [4.69, 9.17) is 16.3 Å². The van der Waals surface area contributed by atoms with Crippen LogP contribution in [-0.4, -0.2) is 11.0 Å². The lowest BCUT2D eigenvalue weighted by Crippen LogP contribution is -2.03. The Kier molecular flexibility index (Phi) is 3.29. The molecule has 2 aromatic rings. The number of benzene rings is 1.